The summed E-state index contributed by atoms with van der Waals surface area (Å²) in [6, 6.07) is 3.67. The first-order valence-corrected chi connectivity index (χ1v) is 8.75. The van der Waals surface area contributed by atoms with Crippen LogP contribution in [0.3, 0.4) is 0 Å². The maximum Gasteiger partial charge on any atom is 0.312 e. The van der Waals surface area contributed by atoms with E-state index in [0.717, 1.165) is 31.7 Å². The molecule has 2 aliphatic carbocycles. The van der Waals surface area contributed by atoms with Gasteiger partial charge in [0.25, 0.3) is 0 Å². The normalized spacial score (nSPS) is 18.5. The molecule has 0 aromatic heterocycles. The van der Waals surface area contributed by atoms with Crippen molar-refractivity contribution in [1.29, 1.82) is 0 Å². The molecule has 1 N–H and O–H groups in total. The van der Waals surface area contributed by atoms with Crippen LogP contribution >= 0.6 is 0 Å². The largest absolute Gasteiger partial charge is 0.490 e. The van der Waals surface area contributed by atoms with Gasteiger partial charge in [0, 0.05) is 12.1 Å². The number of rotatable bonds is 7. The van der Waals surface area contributed by atoms with E-state index >= 15 is 0 Å². The fourth-order valence-electron chi connectivity index (χ4n) is 2.71. The van der Waals surface area contributed by atoms with E-state index in [0.29, 0.717) is 11.8 Å². The molecule has 0 spiro atoms. The zero-order valence-corrected chi connectivity index (χ0v) is 13.0. The summed E-state index contributed by atoms with van der Waals surface area (Å²) in [4.78, 5) is 10.3. The molecule has 0 bridgehead atoms. The fourth-order valence-corrected chi connectivity index (χ4v) is 4.11. The highest BCUT2D eigenvalue weighted by Gasteiger charge is 2.43. The number of benzene rings is 1. The summed E-state index contributed by atoms with van der Waals surface area (Å²) in [5.41, 5.74) is -0.347. The quantitative estimate of drug-likeness (QED) is 0.611. The van der Waals surface area contributed by atoms with Crippen molar-refractivity contribution in [3.63, 3.8) is 0 Å². The van der Waals surface area contributed by atoms with Crippen molar-refractivity contribution < 1.29 is 18.1 Å². The van der Waals surface area contributed by atoms with Crippen molar-refractivity contribution in [2.24, 2.45) is 11.8 Å². The number of nitrogens with one attached hydrogen (secondary N) is 1. The van der Waals surface area contributed by atoms with Crippen LogP contribution < -0.4 is 9.46 Å². The van der Waals surface area contributed by atoms with Crippen molar-refractivity contribution in [2.75, 3.05) is 7.11 Å². The third-order valence-corrected chi connectivity index (χ3v) is 5.67. The molecule has 1 aromatic rings. The van der Waals surface area contributed by atoms with Gasteiger partial charge in [0.2, 0.25) is 10.0 Å². The van der Waals surface area contributed by atoms with Crippen molar-refractivity contribution >= 4 is 15.7 Å². The van der Waals surface area contributed by atoms with Crippen LogP contribution in [0, 0.1) is 22.0 Å². The molecule has 3 rings (SSSR count). The Labute approximate surface area is 128 Å². The lowest BCUT2D eigenvalue weighted by atomic mass is 10.1. The summed E-state index contributed by atoms with van der Waals surface area (Å²) in [6.07, 6.45) is 4.19. The first-order chi connectivity index (χ1) is 10.4. The molecule has 0 atom stereocenters. The second-order valence-electron chi connectivity index (χ2n) is 5.91. The van der Waals surface area contributed by atoms with Gasteiger partial charge in [-0.15, -0.1) is 0 Å². The lowest BCUT2D eigenvalue weighted by Crippen LogP contribution is -2.38. The van der Waals surface area contributed by atoms with Crippen LogP contribution in [0.25, 0.3) is 0 Å². The number of nitro groups is 1. The maximum atomic E-state index is 12.5. The summed E-state index contributed by atoms with van der Waals surface area (Å²) in [7, 11) is -2.45. The molecule has 0 radical (unpaired) electrons. The molecule has 2 aliphatic rings. The molecule has 0 amide bonds. The van der Waals surface area contributed by atoms with E-state index in [1.54, 1.807) is 0 Å². The fraction of sp³-hybridized carbons (Fsp3) is 0.571. The number of hydrogen-bond donors (Lipinski definition) is 1. The molecule has 1 aromatic carbocycles. The van der Waals surface area contributed by atoms with Gasteiger partial charge in [0.1, 0.15) is 0 Å². The van der Waals surface area contributed by atoms with Gasteiger partial charge in [-0.3, -0.25) is 10.1 Å². The van der Waals surface area contributed by atoms with Gasteiger partial charge < -0.3 is 4.74 Å². The van der Waals surface area contributed by atoms with Gasteiger partial charge in [-0.05, 0) is 49.7 Å². The van der Waals surface area contributed by atoms with E-state index < -0.39 is 14.9 Å². The molecule has 0 heterocycles. The average molecular weight is 326 g/mol. The highest BCUT2D eigenvalue weighted by atomic mass is 32.2. The summed E-state index contributed by atoms with van der Waals surface area (Å²) < 4.78 is 32.7. The molecule has 0 saturated heterocycles. The Kier molecular flexibility index (Phi) is 3.82. The summed E-state index contributed by atoms with van der Waals surface area (Å²) in [5, 5.41) is 11.0. The Balaban J connectivity index is 1.88. The number of ether oxygens (including phenoxy) is 1. The van der Waals surface area contributed by atoms with Gasteiger partial charge in [0.05, 0.1) is 16.9 Å². The van der Waals surface area contributed by atoms with E-state index in [2.05, 4.69) is 4.72 Å². The predicted octanol–water partition coefficient (Wildman–Crippen LogP) is 2.07. The minimum absolute atomic E-state index is 0.0360. The first-order valence-electron chi connectivity index (χ1n) is 7.27. The third kappa shape index (κ3) is 3.07. The third-order valence-electron chi connectivity index (χ3n) is 4.21. The SMILES string of the molecule is COc1ccc(S(=O)(=O)NC(C2CC2)C2CC2)cc1[N+](=O)[O-]. The summed E-state index contributed by atoms with van der Waals surface area (Å²) in [6.45, 7) is 0. The molecule has 22 heavy (non-hydrogen) atoms. The number of sulfonamides is 1. The summed E-state index contributed by atoms with van der Waals surface area (Å²) >= 11 is 0. The van der Waals surface area contributed by atoms with E-state index in [1.165, 1.54) is 19.2 Å². The van der Waals surface area contributed by atoms with E-state index in [-0.39, 0.29) is 22.4 Å². The Hall–Kier alpha value is -1.67. The average Bonchev–Trinajstić information content (AvgIpc) is 3.37. The number of nitro benzene ring substituents is 1. The Morgan fingerprint density at radius 2 is 1.86 bits per heavy atom. The Morgan fingerprint density at radius 3 is 2.32 bits per heavy atom. The summed E-state index contributed by atoms with van der Waals surface area (Å²) in [5.74, 6) is 0.871. The lowest BCUT2D eigenvalue weighted by molar-refractivity contribution is -0.386. The molecule has 0 unspecified atom stereocenters. The van der Waals surface area contributed by atoms with Gasteiger partial charge in [-0.25, -0.2) is 13.1 Å². The van der Waals surface area contributed by atoms with Crippen LogP contribution in [0.2, 0.25) is 0 Å². The maximum absolute atomic E-state index is 12.5. The second kappa shape index (κ2) is 5.51. The number of methoxy groups -OCH3 is 1. The Bertz CT molecular complexity index is 683. The topological polar surface area (TPSA) is 98.5 Å². The molecular formula is C14H18N2O5S. The van der Waals surface area contributed by atoms with Crippen LogP contribution in [0.4, 0.5) is 5.69 Å². The van der Waals surface area contributed by atoms with Crippen LogP contribution in [-0.4, -0.2) is 26.5 Å². The van der Waals surface area contributed by atoms with Crippen molar-refractivity contribution in [1.82, 2.24) is 4.72 Å². The number of hydrogen-bond acceptors (Lipinski definition) is 5. The number of nitrogens with zero attached hydrogens (tertiary/aromatic N) is 1. The molecule has 7 nitrogen and oxygen atoms in total. The van der Waals surface area contributed by atoms with Gasteiger partial charge in [0.15, 0.2) is 5.75 Å². The van der Waals surface area contributed by atoms with Crippen molar-refractivity contribution in [3.8, 4) is 5.75 Å². The lowest BCUT2D eigenvalue weighted by Gasteiger charge is -2.17. The minimum Gasteiger partial charge on any atom is -0.490 e. The van der Waals surface area contributed by atoms with Gasteiger partial charge in [-0.2, -0.15) is 0 Å². The molecule has 2 saturated carbocycles. The molecule has 0 aliphatic heterocycles. The van der Waals surface area contributed by atoms with Crippen LogP contribution in [0.1, 0.15) is 25.7 Å². The zero-order chi connectivity index (χ0) is 15.9. The minimum atomic E-state index is -3.76. The highest BCUT2D eigenvalue weighted by Crippen LogP contribution is 2.45. The monoisotopic (exact) mass is 326 g/mol. The van der Waals surface area contributed by atoms with E-state index in [4.69, 9.17) is 4.74 Å². The van der Waals surface area contributed by atoms with Crippen LogP contribution in [-0.2, 0) is 10.0 Å². The predicted molar refractivity (Wildman–Crippen MR) is 79.2 cm³/mol. The zero-order valence-electron chi connectivity index (χ0n) is 12.2. The van der Waals surface area contributed by atoms with Gasteiger partial charge in [-0.1, -0.05) is 0 Å². The van der Waals surface area contributed by atoms with Gasteiger partial charge >= 0.3 is 5.69 Å². The van der Waals surface area contributed by atoms with Crippen molar-refractivity contribution in [2.45, 2.75) is 36.6 Å². The smallest absolute Gasteiger partial charge is 0.312 e. The Morgan fingerprint density at radius 1 is 1.27 bits per heavy atom. The second-order valence-corrected chi connectivity index (χ2v) is 7.63. The van der Waals surface area contributed by atoms with Crippen molar-refractivity contribution in [3.05, 3.63) is 28.3 Å². The molecule has 120 valence electrons. The van der Waals surface area contributed by atoms with Crippen LogP contribution in [0.15, 0.2) is 23.1 Å². The van der Waals surface area contributed by atoms with E-state index in [9.17, 15) is 18.5 Å². The van der Waals surface area contributed by atoms with E-state index in [1.807, 2.05) is 0 Å². The molecule has 8 heteroatoms. The highest BCUT2D eigenvalue weighted by molar-refractivity contribution is 7.89. The molecule has 2 fully saturated rings. The molecular weight excluding hydrogens is 308 g/mol. The first kappa shape index (κ1) is 15.2. The standard InChI is InChI=1S/C14H18N2O5S/c1-21-13-7-6-11(8-12(13)16(17)18)22(19,20)15-14(9-2-3-9)10-4-5-10/h6-10,14-15H,2-5H2,1H3. The van der Waals surface area contributed by atoms with Crippen LogP contribution in [0.5, 0.6) is 5.75 Å².